The monoisotopic (exact) mass is 299 g/mol. The molecule has 1 aromatic carbocycles. The van der Waals surface area contributed by atoms with E-state index in [4.69, 9.17) is 11.6 Å². The zero-order valence-corrected chi connectivity index (χ0v) is 12.0. The second kappa shape index (κ2) is 7.04. The first-order chi connectivity index (χ1) is 9.59. The number of carboxylic acids is 1. The van der Waals surface area contributed by atoms with Crippen LogP contribution in [0.3, 0.4) is 0 Å². The maximum absolute atomic E-state index is 13.3. The molecule has 3 nitrogen and oxygen atoms in total. The number of benzene rings is 1. The van der Waals surface area contributed by atoms with Crippen molar-refractivity contribution in [3.8, 4) is 0 Å². The van der Waals surface area contributed by atoms with Gasteiger partial charge in [0.2, 0.25) is 0 Å². The standard InChI is InChI=1S/C15H19ClFNO2/c16-14-11(5-3-7-13(14)17)9-18-8-10-4-1-2-6-12(10)15(19)20/h3,5,7,10,12,18H,1-2,4,6,8-9H2,(H,19,20). The summed E-state index contributed by atoms with van der Waals surface area (Å²) < 4.78 is 13.3. The topological polar surface area (TPSA) is 49.3 Å². The van der Waals surface area contributed by atoms with Gasteiger partial charge < -0.3 is 10.4 Å². The molecule has 0 radical (unpaired) electrons. The van der Waals surface area contributed by atoms with Crippen molar-refractivity contribution in [3.63, 3.8) is 0 Å². The Bertz CT molecular complexity index is 481. The summed E-state index contributed by atoms with van der Waals surface area (Å²) in [6, 6.07) is 4.72. The zero-order chi connectivity index (χ0) is 14.5. The quantitative estimate of drug-likeness (QED) is 0.875. The lowest BCUT2D eigenvalue weighted by atomic mass is 9.79. The van der Waals surface area contributed by atoms with Crippen LogP contribution < -0.4 is 5.32 Å². The first-order valence-corrected chi connectivity index (χ1v) is 7.34. The van der Waals surface area contributed by atoms with E-state index in [1.807, 2.05) is 0 Å². The molecular formula is C15H19ClFNO2. The number of carboxylic acid groups (broad SMARTS) is 1. The molecule has 2 rings (SSSR count). The van der Waals surface area contributed by atoms with E-state index >= 15 is 0 Å². The van der Waals surface area contributed by atoms with Crippen LogP contribution >= 0.6 is 11.6 Å². The minimum absolute atomic E-state index is 0.137. The van der Waals surface area contributed by atoms with Gasteiger partial charge in [0.15, 0.2) is 0 Å². The summed E-state index contributed by atoms with van der Waals surface area (Å²) in [6.45, 7) is 1.09. The molecule has 2 atom stereocenters. The highest BCUT2D eigenvalue weighted by Crippen LogP contribution is 2.30. The second-order valence-corrected chi connectivity index (χ2v) is 5.71. The van der Waals surface area contributed by atoms with Gasteiger partial charge in [0.1, 0.15) is 5.82 Å². The first kappa shape index (κ1) is 15.3. The van der Waals surface area contributed by atoms with Gasteiger partial charge in [-0.3, -0.25) is 4.79 Å². The van der Waals surface area contributed by atoms with Crippen LogP contribution in [0, 0.1) is 17.7 Å². The van der Waals surface area contributed by atoms with E-state index in [-0.39, 0.29) is 16.9 Å². The summed E-state index contributed by atoms with van der Waals surface area (Å²) in [5, 5.41) is 12.6. The van der Waals surface area contributed by atoms with Crippen molar-refractivity contribution in [2.45, 2.75) is 32.2 Å². The summed E-state index contributed by atoms with van der Waals surface area (Å²) >= 11 is 5.88. The number of nitrogens with one attached hydrogen (secondary N) is 1. The van der Waals surface area contributed by atoms with Crippen molar-refractivity contribution < 1.29 is 14.3 Å². The van der Waals surface area contributed by atoms with Crippen LogP contribution in [-0.2, 0) is 11.3 Å². The van der Waals surface area contributed by atoms with Crippen molar-refractivity contribution in [2.75, 3.05) is 6.54 Å². The van der Waals surface area contributed by atoms with Crippen LogP contribution in [0.15, 0.2) is 18.2 Å². The molecule has 2 N–H and O–H groups in total. The highest BCUT2D eigenvalue weighted by Gasteiger charge is 2.30. The molecule has 0 saturated heterocycles. The zero-order valence-electron chi connectivity index (χ0n) is 11.2. The van der Waals surface area contributed by atoms with Crippen LogP contribution in [0.4, 0.5) is 4.39 Å². The van der Waals surface area contributed by atoms with Crippen LogP contribution in [0.2, 0.25) is 5.02 Å². The molecule has 1 fully saturated rings. The Morgan fingerprint density at radius 3 is 2.90 bits per heavy atom. The van der Waals surface area contributed by atoms with Gasteiger partial charge in [0.25, 0.3) is 0 Å². The predicted molar refractivity (Wildman–Crippen MR) is 76.2 cm³/mol. The molecule has 1 aromatic rings. The van der Waals surface area contributed by atoms with Gasteiger partial charge >= 0.3 is 5.97 Å². The van der Waals surface area contributed by atoms with Crippen LogP contribution in [0.1, 0.15) is 31.2 Å². The highest BCUT2D eigenvalue weighted by molar-refractivity contribution is 6.31. The lowest BCUT2D eigenvalue weighted by Gasteiger charge is -2.28. The number of hydrogen-bond donors (Lipinski definition) is 2. The Morgan fingerprint density at radius 1 is 1.40 bits per heavy atom. The molecule has 0 bridgehead atoms. The Labute approximate surface area is 123 Å². The van der Waals surface area contributed by atoms with E-state index < -0.39 is 11.8 Å². The van der Waals surface area contributed by atoms with E-state index in [0.29, 0.717) is 18.7 Å². The molecule has 20 heavy (non-hydrogen) atoms. The molecule has 110 valence electrons. The molecule has 1 aliphatic carbocycles. The third kappa shape index (κ3) is 3.70. The fourth-order valence-corrected chi connectivity index (χ4v) is 3.05. The summed E-state index contributed by atoms with van der Waals surface area (Å²) in [5.74, 6) is -1.25. The van der Waals surface area contributed by atoms with Gasteiger partial charge in [0.05, 0.1) is 10.9 Å². The Kier molecular flexibility index (Phi) is 5.38. The average molecular weight is 300 g/mol. The maximum Gasteiger partial charge on any atom is 0.306 e. The first-order valence-electron chi connectivity index (χ1n) is 6.96. The predicted octanol–water partition coefficient (Wildman–Crippen LogP) is 3.46. The number of hydrogen-bond acceptors (Lipinski definition) is 2. The smallest absolute Gasteiger partial charge is 0.306 e. The van der Waals surface area contributed by atoms with E-state index in [0.717, 1.165) is 25.7 Å². The fraction of sp³-hybridized carbons (Fsp3) is 0.533. The van der Waals surface area contributed by atoms with Gasteiger partial charge in [-0.1, -0.05) is 36.6 Å². The van der Waals surface area contributed by atoms with E-state index in [9.17, 15) is 14.3 Å². The summed E-state index contributed by atoms with van der Waals surface area (Å²) in [4.78, 5) is 11.2. The van der Waals surface area contributed by atoms with Crippen LogP contribution in [-0.4, -0.2) is 17.6 Å². The molecule has 0 spiro atoms. The highest BCUT2D eigenvalue weighted by atomic mass is 35.5. The van der Waals surface area contributed by atoms with Gasteiger partial charge in [0, 0.05) is 6.54 Å². The molecule has 1 saturated carbocycles. The lowest BCUT2D eigenvalue weighted by molar-refractivity contribution is -0.144. The second-order valence-electron chi connectivity index (χ2n) is 5.33. The van der Waals surface area contributed by atoms with Gasteiger partial charge in [-0.25, -0.2) is 4.39 Å². The Morgan fingerprint density at radius 2 is 2.15 bits per heavy atom. The summed E-state index contributed by atoms with van der Waals surface area (Å²) in [6.07, 6.45) is 3.75. The molecule has 1 aliphatic rings. The number of halogens is 2. The third-order valence-corrected chi connectivity index (χ3v) is 4.40. The third-order valence-electron chi connectivity index (χ3n) is 3.98. The van der Waals surface area contributed by atoms with Gasteiger partial charge in [-0.05, 0) is 36.9 Å². The maximum atomic E-state index is 13.3. The lowest BCUT2D eigenvalue weighted by Crippen LogP contribution is -2.34. The SMILES string of the molecule is O=C(O)C1CCCCC1CNCc1cccc(F)c1Cl. The van der Waals surface area contributed by atoms with Crippen LogP contribution in [0.25, 0.3) is 0 Å². The molecule has 2 unspecified atom stereocenters. The van der Waals surface area contributed by atoms with E-state index in [1.165, 1.54) is 6.07 Å². The van der Waals surface area contributed by atoms with Crippen molar-refractivity contribution in [2.24, 2.45) is 11.8 Å². The Balaban J connectivity index is 1.88. The molecule has 0 heterocycles. The largest absolute Gasteiger partial charge is 0.481 e. The van der Waals surface area contributed by atoms with Crippen molar-refractivity contribution in [1.82, 2.24) is 5.32 Å². The fourth-order valence-electron chi connectivity index (χ4n) is 2.85. The minimum Gasteiger partial charge on any atom is -0.481 e. The molecule has 5 heteroatoms. The Hall–Kier alpha value is -1.13. The number of aliphatic carboxylic acids is 1. The number of rotatable bonds is 5. The molecule has 0 aromatic heterocycles. The molecular weight excluding hydrogens is 281 g/mol. The van der Waals surface area contributed by atoms with E-state index in [2.05, 4.69) is 5.32 Å². The van der Waals surface area contributed by atoms with Crippen LogP contribution in [0.5, 0.6) is 0 Å². The van der Waals surface area contributed by atoms with E-state index in [1.54, 1.807) is 12.1 Å². The van der Waals surface area contributed by atoms with Crippen molar-refractivity contribution in [3.05, 3.63) is 34.6 Å². The summed E-state index contributed by atoms with van der Waals surface area (Å²) in [7, 11) is 0. The summed E-state index contributed by atoms with van der Waals surface area (Å²) in [5.41, 5.74) is 0.703. The van der Waals surface area contributed by atoms with Gasteiger partial charge in [-0.15, -0.1) is 0 Å². The average Bonchev–Trinajstić information content (AvgIpc) is 2.44. The normalized spacial score (nSPS) is 22.7. The van der Waals surface area contributed by atoms with Gasteiger partial charge in [-0.2, -0.15) is 0 Å². The van der Waals surface area contributed by atoms with Crippen molar-refractivity contribution >= 4 is 17.6 Å². The molecule has 0 aliphatic heterocycles. The number of carbonyl (C=O) groups is 1. The molecule has 0 amide bonds. The minimum atomic E-state index is -0.708. The van der Waals surface area contributed by atoms with Crippen molar-refractivity contribution in [1.29, 1.82) is 0 Å².